The van der Waals surface area contributed by atoms with Crippen molar-refractivity contribution >= 4 is 90.1 Å². The maximum absolute atomic E-state index is 13.0. The van der Waals surface area contributed by atoms with Crippen LogP contribution < -0.4 is 33.2 Å². The first-order chi connectivity index (χ1) is 27.9. The van der Waals surface area contributed by atoms with Gasteiger partial charge in [0.2, 0.25) is 0 Å². The van der Waals surface area contributed by atoms with Gasteiger partial charge in [-0.3, -0.25) is 45.4 Å². The van der Waals surface area contributed by atoms with Crippen LogP contribution in [0.1, 0.15) is 47.3 Å². The van der Waals surface area contributed by atoms with Crippen LogP contribution in [0.2, 0.25) is 10.0 Å². The van der Waals surface area contributed by atoms with Crippen LogP contribution in [0.4, 0.5) is 20.2 Å². The summed E-state index contributed by atoms with van der Waals surface area (Å²) in [6.45, 7) is 1.84. The molecule has 59 heavy (non-hydrogen) atoms. The summed E-state index contributed by atoms with van der Waals surface area (Å²) in [5.41, 5.74) is 23.1. The molecular weight excluding hydrogens is 833 g/mol. The molecule has 20 heteroatoms. The molecule has 4 amide bonds. The second-order valence-electron chi connectivity index (χ2n) is 12.4. The Morgan fingerprint density at radius 1 is 0.576 bits per heavy atom. The zero-order valence-corrected chi connectivity index (χ0v) is 32.7. The fourth-order valence-corrected chi connectivity index (χ4v) is 5.98. The quantitative estimate of drug-likeness (QED) is 0.0521. The first-order valence-electron chi connectivity index (χ1n) is 16.8. The number of fused-ring (bicyclic) bond motifs is 2. The third-order valence-electron chi connectivity index (χ3n) is 8.07. The maximum atomic E-state index is 13.0. The lowest BCUT2D eigenvalue weighted by Crippen LogP contribution is -2.42. The Kier molecular flexibility index (Phi) is 13.5. The number of nitrogens with two attached hydrogens (primary N) is 2. The van der Waals surface area contributed by atoms with E-state index in [0.29, 0.717) is 10.0 Å². The van der Waals surface area contributed by atoms with Crippen molar-refractivity contribution < 1.29 is 40.9 Å². The number of amides is 4. The average molecular weight is 866 g/mol. The second-order valence-corrected chi connectivity index (χ2v) is 14.7. The molecule has 0 aliphatic heterocycles. The van der Waals surface area contributed by atoms with Gasteiger partial charge in [-0.25, -0.2) is 8.78 Å². The second kappa shape index (κ2) is 18.5. The molecule has 7 aromatic rings. The van der Waals surface area contributed by atoms with Crippen LogP contribution in [0.25, 0.3) is 21.8 Å². The largest absolute Gasteiger partial charge is 0.398 e. The highest BCUT2D eigenvalue weighted by atomic mass is 35.5. The summed E-state index contributed by atoms with van der Waals surface area (Å²) in [6, 6.07) is 26.2. The highest BCUT2D eigenvalue weighted by Crippen LogP contribution is 2.21. The number of carbonyl (C=O) groups is 4. The molecule has 2 heterocycles. The van der Waals surface area contributed by atoms with Gasteiger partial charge >= 0.3 is 0 Å². The summed E-state index contributed by atoms with van der Waals surface area (Å²) in [6.07, 6.45) is 0. The molecule has 0 spiro atoms. The summed E-state index contributed by atoms with van der Waals surface area (Å²) >= 11 is 11.8. The van der Waals surface area contributed by atoms with Gasteiger partial charge in [0.25, 0.3) is 33.7 Å². The maximum Gasteiger partial charge on any atom is 0.294 e. The molecule has 0 unspecified atom stereocenters. The number of rotatable bonds is 5. The molecule has 7 rings (SSSR count). The number of H-pyrrole nitrogens is 2. The monoisotopic (exact) mass is 864 g/mol. The minimum absolute atomic E-state index is 0.0259. The normalized spacial score (nSPS) is 10.7. The number of aryl methyl sites for hydroxylation is 1. The minimum atomic E-state index is -4.02. The van der Waals surface area contributed by atoms with E-state index < -0.39 is 45.4 Å². The third kappa shape index (κ3) is 11.5. The van der Waals surface area contributed by atoms with Crippen LogP contribution in [0.15, 0.2) is 114 Å². The van der Waals surface area contributed by atoms with E-state index in [1.165, 1.54) is 24.3 Å². The standard InChI is InChI=1S/2C16H12ClFN4O2.C7H8O3S/c2*17-9-1-4-13-8(5-9)6-14(20-13)16(24)22-21-15(23)11-3-2-10(18)7-12(11)19;1-6-2-4-7(5-3-6)11(8,9)10/h2*1-7,20H,19H2,(H,21,23)(H,22,24);2-5H,1H3,(H,8,9,10). The molecular formula is C39H32Cl2F2N8O7S. The summed E-state index contributed by atoms with van der Waals surface area (Å²) in [5.74, 6) is -3.50. The Balaban J connectivity index is 0.000000180. The van der Waals surface area contributed by atoms with Crippen molar-refractivity contribution in [1.82, 2.24) is 31.7 Å². The van der Waals surface area contributed by atoms with Gasteiger partial charge in [0.05, 0.1) is 16.0 Å². The Labute approximate surface area is 343 Å². The number of carbonyl (C=O) groups excluding carboxylic acids is 4. The highest BCUT2D eigenvalue weighted by molar-refractivity contribution is 7.85. The van der Waals surface area contributed by atoms with E-state index in [4.69, 9.17) is 39.2 Å². The van der Waals surface area contributed by atoms with Crippen molar-refractivity contribution in [1.29, 1.82) is 0 Å². The van der Waals surface area contributed by atoms with E-state index in [0.717, 1.165) is 51.6 Å². The van der Waals surface area contributed by atoms with E-state index >= 15 is 0 Å². The van der Waals surface area contributed by atoms with Crippen molar-refractivity contribution in [3.05, 3.63) is 159 Å². The highest BCUT2D eigenvalue weighted by Gasteiger charge is 2.16. The van der Waals surface area contributed by atoms with Crippen LogP contribution >= 0.6 is 23.2 Å². The lowest BCUT2D eigenvalue weighted by molar-refractivity contribution is 0.0845. The number of aromatic amines is 2. The Hall–Kier alpha value is -6.99. The van der Waals surface area contributed by atoms with Gasteiger partial charge in [0.1, 0.15) is 23.0 Å². The van der Waals surface area contributed by atoms with Crippen LogP contribution in [0.5, 0.6) is 0 Å². The first kappa shape index (κ1) is 43.1. The van der Waals surface area contributed by atoms with E-state index in [-0.39, 0.29) is 38.8 Å². The van der Waals surface area contributed by atoms with Crippen LogP contribution in [-0.4, -0.2) is 46.6 Å². The summed E-state index contributed by atoms with van der Waals surface area (Å²) < 4.78 is 55.5. The van der Waals surface area contributed by atoms with E-state index in [1.54, 1.807) is 60.7 Å². The molecule has 0 saturated heterocycles. The molecule has 0 aliphatic rings. The third-order valence-corrected chi connectivity index (χ3v) is 9.41. The van der Waals surface area contributed by atoms with E-state index in [2.05, 4.69) is 31.7 Å². The predicted octanol–water partition coefficient (Wildman–Crippen LogP) is 6.48. The molecule has 2 aromatic heterocycles. The molecule has 5 aromatic carbocycles. The molecule has 0 fully saturated rings. The topological polar surface area (TPSA) is 254 Å². The van der Waals surface area contributed by atoms with Crippen LogP contribution in [0.3, 0.4) is 0 Å². The number of aromatic nitrogens is 2. The zero-order valence-electron chi connectivity index (χ0n) is 30.4. The number of nitrogens with one attached hydrogen (secondary N) is 6. The van der Waals surface area contributed by atoms with Gasteiger partial charge in [0.15, 0.2) is 0 Å². The SMILES string of the molecule is Cc1ccc(S(=O)(=O)O)cc1.Nc1cc(F)ccc1C(=O)NNC(=O)c1cc2cc(Cl)ccc2[nH]1.Nc1cc(F)ccc1C(=O)NNC(=O)c1cc2cc(Cl)ccc2[nH]1. The number of benzene rings is 5. The van der Waals surface area contributed by atoms with Gasteiger partial charge in [-0.05, 0) is 104 Å². The fraction of sp³-hybridized carbons (Fsp3) is 0.0256. The van der Waals surface area contributed by atoms with Crippen molar-refractivity contribution in [2.24, 2.45) is 0 Å². The van der Waals surface area contributed by atoms with Crippen molar-refractivity contribution in [2.45, 2.75) is 11.8 Å². The Morgan fingerprint density at radius 2 is 0.966 bits per heavy atom. The predicted molar refractivity (Wildman–Crippen MR) is 219 cm³/mol. The molecule has 0 bridgehead atoms. The van der Waals surface area contributed by atoms with Crippen LogP contribution in [0, 0.1) is 18.6 Å². The van der Waals surface area contributed by atoms with Gasteiger partial charge in [0, 0.05) is 43.2 Å². The van der Waals surface area contributed by atoms with Gasteiger partial charge < -0.3 is 21.4 Å². The van der Waals surface area contributed by atoms with Crippen molar-refractivity contribution in [2.75, 3.05) is 11.5 Å². The van der Waals surface area contributed by atoms with E-state index in [9.17, 15) is 36.4 Å². The number of hydrazine groups is 2. The Morgan fingerprint density at radius 3 is 1.34 bits per heavy atom. The zero-order chi connectivity index (χ0) is 43.0. The molecule has 0 aliphatic carbocycles. The van der Waals surface area contributed by atoms with Crippen molar-refractivity contribution in [3.8, 4) is 0 Å². The average Bonchev–Trinajstić information content (AvgIpc) is 3.80. The molecule has 11 N–H and O–H groups in total. The minimum Gasteiger partial charge on any atom is -0.398 e. The molecule has 0 saturated carbocycles. The van der Waals surface area contributed by atoms with Crippen LogP contribution in [-0.2, 0) is 10.1 Å². The number of hydrogen-bond donors (Lipinski definition) is 9. The smallest absolute Gasteiger partial charge is 0.294 e. The summed E-state index contributed by atoms with van der Waals surface area (Å²) in [5, 5.41) is 2.63. The lowest BCUT2D eigenvalue weighted by Gasteiger charge is -2.08. The summed E-state index contributed by atoms with van der Waals surface area (Å²) in [4.78, 5) is 53.9. The number of anilines is 2. The fourth-order valence-electron chi connectivity index (χ4n) is 5.14. The van der Waals surface area contributed by atoms with Gasteiger partial charge in [-0.15, -0.1) is 0 Å². The molecule has 0 atom stereocenters. The van der Waals surface area contributed by atoms with E-state index in [1.807, 2.05) is 6.92 Å². The molecule has 0 radical (unpaired) electrons. The van der Waals surface area contributed by atoms with Gasteiger partial charge in [-0.2, -0.15) is 8.42 Å². The molecule has 304 valence electrons. The number of halogens is 4. The number of nitrogen functional groups attached to an aromatic ring is 2. The summed E-state index contributed by atoms with van der Waals surface area (Å²) in [7, 11) is -4.02. The van der Waals surface area contributed by atoms with Crippen molar-refractivity contribution in [3.63, 3.8) is 0 Å². The van der Waals surface area contributed by atoms with Gasteiger partial charge in [-0.1, -0.05) is 40.9 Å². The Bertz CT molecular complexity index is 2680. The molecule has 15 nitrogen and oxygen atoms in total. The number of hydrogen-bond acceptors (Lipinski definition) is 8. The first-order valence-corrected chi connectivity index (χ1v) is 19.0. The lowest BCUT2D eigenvalue weighted by atomic mass is 10.1.